The molecule has 4 heteroatoms. The van der Waals surface area contributed by atoms with Gasteiger partial charge in [0, 0.05) is 0 Å². The molecule has 1 rings (SSSR count). The van der Waals surface area contributed by atoms with Crippen molar-refractivity contribution in [2.75, 3.05) is 6.73 Å². The summed E-state index contributed by atoms with van der Waals surface area (Å²) in [6.07, 6.45) is 0.609. The van der Waals surface area contributed by atoms with Crippen LogP contribution in [0.5, 0.6) is 0 Å². The van der Waals surface area contributed by atoms with Crippen LogP contribution in [0.4, 0.5) is 0 Å². The van der Waals surface area contributed by atoms with Gasteiger partial charge in [-0.2, -0.15) is 0 Å². The summed E-state index contributed by atoms with van der Waals surface area (Å²) in [5.74, 6) is -0.796. The molecule has 58 valence electrons. The van der Waals surface area contributed by atoms with E-state index in [0.717, 1.165) is 0 Å². The Balaban J connectivity index is 2.39. The van der Waals surface area contributed by atoms with Crippen LogP contribution in [-0.2, 0) is 9.53 Å². The van der Waals surface area contributed by atoms with Crippen molar-refractivity contribution in [3.8, 4) is 0 Å². The van der Waals surface area contributed by atoms with E-state index in [4.69, 9.17) is 9.84 Å². The Bertz CT molecular complexity index is 137. The van der Waals surface area contributed by atoms with Crippen LogP contribution in [0.25, 0.3) is 0 Å². The fourth-order valence-electron chi connectivity index (χ4n) is 0.962. The maximum Gasteiger partial charge on any atom is 0.320 e. The molecule has 1 fully saturated rings. The van der Waals surface area contributed by atoms with Crippen molar-refractivity contribution in [1.29, 1.82) is 0 Å². The highest BCUT2D eigenvalue weighted by atomic mass is 16.5. The Labute approximate surface area is 59.2 Å². The molecule has 0 saturated carbocycles. The molecule has 0 spiro atoms. The topological polar surface area (TPSA) is 58.6 Å². The van der Waals surface area contributed by atoms with Crippen LogP contribution in [0.2, 0.25) is 0 Å². The van der Waals surface area contributed by atoms with E-state index in [9.17, 15) is 4.79 Å². The average Bonchev–Trinajstić information content (AvgIpc) is 1.88. The van der Waals surface area contributed by atoms with Crippen molar-refractivity contribution in [1.82, 2.24) is 5.32 Å². The van der Waals surface area contributed by atoms with E-state index in [0.29, 0.717) is 13.2 Å². The smallest absolute Gasteiger partial charge is 0.320 e. The van der Waals surface area contributed by atoms with Crippen LogP contribution in [0.15, 0.2) is 0 Å². The number of carboxylic acids is 1. The molecule has 0 amide bonds. The summed E-state index contributed by atoms with van der Waals surface area (Å²) in [4.78, 5) is 10.4. The molecule has 1 aliphatic heterocycles. The van der Waals surface area contributed by atoms with Gasteiger partial charge in [-0.3, -0.25) is 10.1 Å². The van der Waals surface area contributed by atoms with Crippen LogP contribution in [0.1, 0.15) is 13.3 Å². The number of aliphatic carboxylic acids is 1. The first-order valence-corrected chi connectivity index (χ1v) is 3.28. The highest BCUT2D eigenvalue weighted by molar-refractivity contribution is 5.73. The molecule has 0 aromatic rings. The highest BCUT2D eigenvalue weighted by Gasteiger charge is 2.23. The first-order valence-electron chi connectivity index (χ1n) is 3.28. The third kappa shape index (κ3) is 1.68. The predicted molar refractivity (Wildman–Crippen MR) is 34.6 cm³/mol. The Hall–Kier alpha value is -0.610. The number of carbonyl (C=O) groups is 1. The summed E-state index contributed by atoms with van der Waals surface area (Å²) in [6.45, 7) is 2.22. The second kappa shape index (κ2) is 2.98. The second-order valence-electron chi connectivity index (χ2n) is 2.45. The van der Waals surface area contributed by atoms with Crippen LogP contribution >= 0.6 is 0 Å². The van der Waals surface area contributed by atoms with Gasteiger partial charge in [-0.15, -0.1) is 0 Å². The molecular weight excluding hydrogens is 134 g/mol. The van der Waals surface area contributed by atoms with Crippen molar-refractivity contribution in [3.63, 3.8) is 0 Å². The summed E-state index contributed by atoms with van der Waals surface area (Å²) in [5, 5.41) is 11.3. The van der Waals surface area contributed by atoms with Gasteiger partial charge in [0.2, 0.25) is 0 Å². The molecule has 1 aliphatic rings. The van der Waals surface area contributed by atoms with E-state index in [1.54, 1.807) is 0 Å². The summed E-state index contributed by atoms with van der Waals surface area (Å²) < 4.78 is 5.08. The lowest BCUT2D eigenvalue weighted by Crippen LogP contribution is -2.45. The molecule has 10 heavy (non-hydrogen) atoms. The van der Waals surface area contributed by atoms with Gasteiger partial charge in [-0.25, -0.2) is 0 Å². The van der Waals surface area contributed by atoms with Crippen molar-refractivity contribution < 1.29 is 14.6 Å². The Morgan fingerprint density at radius 2 is 2.50 bits per heavy atom. The predicted octanol–water partition coefficient (Wildman–Crippen LogP) is -0.205. The zero-order chi connectivity index (χ0) is 7.56. The number of hydrogen-bond donors (Lipinski definition) is 2. The van der Waals surface area contributed by atoms with E-state index in [2.05, 4.69) is 5.32 Å². The fraction of sp³-hybridized carbons (Fsp3) is 0.833. The minimum atomic E-state index is -0.796. The Kier molecular flexibility index (Phi) is 2.24. The molecular formula is C6H11NO3. The van der Waals surface area contributed by atoms with Gasteiger partial charge in [-0.05, 0) is 13.3 Å². The molecule has 0 aliphatic carbocycles. The van der Waals surface area contributed by atoms with Crippen LogP contribution in [0.3, 0.4) is 0 Å². The molecule has 0 radical (unpaired) electrons. The molecule has 0 unspecified atom stereocenters. The Morgan fingerprint density at radius 1 is 1.80 bits per heavy atom. The van der Waals surface area contributed by atoms with E-state index in [1.807, 2.05) is 6.92 Å². The lowest BCUT2D eigenvalue weighted by Gasteiger charge is -2.25. The number of carboxylic acid groups (broad SMARTS) is 1. The maximum atomic E-state index is 10.4. The summed E-state index contributed by atoms with van der Waals surface area (Å²) >= 11 is 0. The van der Waals surface area contributed by atoms with Gasteiger partial charge in [-0.1, -0.05) is 0 Å². The number of hydrogen-bond acceptors (Lipinski definition) is 3. The van der Waals surface area contributed by atoms with Crippen molar-refractivity contribution in [2.24, 2.45) is 0 Å². The number of ether oxygens (including phenoxy) is 1. The molecule has 1 saturated heterocycles. The minimum absolute atomic E-state index is 0.0577. The van der Waals surface area contributed by atoms with Crippen molar-refractivity contribution in [3.05, 3.63) is 0 Å². The summed E-state index contributed by atoms with van der Waals surface area (Å²) in [7, 11) is 0. The van der Waals surface area contributed by atoms with Crippen molar-refractivity contribution in [2.45, 2.75) is 25.5 Å². The lowest BCUT2D eigenvalue weighted by atomic mass is 10.1. The number of rotatable bonds is 1. The molecule has 0 aromatic carbocycles. The standard InChI is InChI=1S/C6H11NO3/c1-4-2-5(6(8)9)7-3-10-4/h4-5,7H,2-3H2,1H3,(H,8,9)/t4-,5+/m0/s1. The van der Waals surface area contributed by atoms with Gasteiger partial charge in [0.05, 0.1) is 12.8 Å². The Morgan fingerprint density at radius 3 is 2.90 bits per heavy atom. The fourth-order valence-corrected chi connectivity index (χ4v) is 0.962. The third-order valence-corrected chi connectivity index (χ3v) is 1.56. The molecule has 0 aromatic heterocycles. The monoisotopic (exact) mass is 145 g/mol. The third-order valence-electron chi connectivity index (χ3n) is 1.56. The van der Waals surface area contributed by atoms with E-state index in [-0.39, 0.29) is 6.10 Å². The van der Waals surface area contributed by atoms with Gasteiger partial charge >= 0.3 is 5.97 Å². The zero-order valence-electron chi connectivity index (χ0n) is 5.83. The molecule has 0 bridgehead atoms. The largest absolute Gasteiger partial charge is 0.480 e. The van der Waals surface area contributed by atoms with Crippen LogP contribution < -0.4 is 5.32 Å². The summed E-state index contributed by atoms with van der Waals surface area (Å²) in [6, 6.07) is -0.427. The highest BCUT2D eigenvalue weighted by Crippen LogP contribution is 2.06. The van der Waals surface area contributed by atoms with Gasteiger partial charge < -0.3 is 9.84 Å². The maximum absolute atomic E-state index is 10.4. The van der Waals surface area contributed by atoms with Gasteiger partial charge in [0.1, 0.15) is 6.04 Å². The molecule has 2 atom stereocenters. The van der Waals surface area contributed by atoms with E-state index in [1.165, 1.54) is 0 Å². The average molecular weight is 145 g/mol. The summed E-state index contributed by atoms with van der Waals surface area (Å²) in [5.41, 5.74) is 0. The van der Waals surface area contributed by atoms with Gasteiger partial charge in [0.25, 0.3) is 0 Å². The molecule has 4 nitrogen and oxygen atoms in total. The van der Waals surface area contributed by atoms with E-state index < -0.39 is 12.0 Å². The zero-order valence-corrected chi connectivity index (χ0v) is 5.83. The minimum Gasteiger partial charge on any atom is -0.480 e. The van der Waals surface area contributed by atoms with Gasteiger partial charge in [0.15, 0.2) is 0 Å². The number of nitrogens with one attached hydrogen (secondary N) is 1. The van der Waals surface area contributed by atoms with Crippen LogP contribution in [-0.4, -0.2) is 30.0 Å². The quantitative estimate of drug-likeness (QED) is 0.536. The first-order chi connectivity index (χ1) is 4.70. The van der Waals surface area contributed by atoms with E-state index >= 15 is 0 Å². The SMILES string of the molecule is C[C@H]1C[C@H](C(=O)O)NCO1. The first kappa shape index (κ1) is 7.50. The van der Waals surface area contributed by atoms with Crippen molar-refractivity contribution >= 4 is 5.97 Å². The second-order valence-corrected chi connectivity index (χ2v) is 2.45. The molecule has 1 heterocycles. The molecule has 2 N–H and O–H groups in total. The normalized spacial score (nSPS) is 33.7. The van der Waals surface area contributed by atoms with Crippen LogP contribution in [0, 0.1) is 0 Å². The lowest BCUT2D eigenvalue weighted by molar-refractivity contribution is -0.143.